The van der Waals surface area contributed by atoms with E-state index < -0.39 is 0 Å². The fourth-order valence-corrected chi connectivity index (χ4v) is 2.56. The monoisotopic (exact) mass is 286 g/mol. The van der Waals surface area contributed by atoms with Crippen molar-refractivity contribution in [2.75, 3.05) is 6.61 Å². The van der Waals surface area contributed by atoms with Crippen molar-refractivity contribution >= 4 is 0 Å². The van der Waals surface area contributed by atoms with Crippen LogP contribution in [0.1, 0.15) is 19.3 Å². The van der Waals surface area contributed by atoms with E-state index in [2.05, 4.69) is 4.98 Å². The highest BCUT2D eigenvalue weighted by Crippen LogP contribution is 2.20. The molecule has 0 aliphatic carbocycles. The molecule has 0 saturated carbocycles. The van der Waals surface area contributed by atoms with E-state index in [-0.39, 0.29) is 17.5 Å². The van der Waals surface area contributed by atoms with Crippen LogP contribution in [0.25, 0.3) is 11.1 Å². The van der Waals surface area contributed by atoms with E-state index in [4.69, 9.17) is 4.74 Å². The molecule has 5 nitrogen and oxygen atoms in total. The van der Waals surface area contributed by atoms with Gasteiger partial charge in [-0.15, -0.1) is 0 Å². The molecule has 5 heteroatoms. The first-order valence-electron chi connectivity index (χ1n) is 7.20. The predicted octanol–water partition coefficient (Wildman–Crippen LogP) is 2.19. The molecule has 1 N–H and O–H groups in total. The molecule has 1 aromatic heterocycles. The van der Waals surface area contributed by atoms with Gasteiger partial charge < -0.3 is 9.84 Å². The first kappa shape index (κ1) is 13.8. The lowest BCUT2D eigenvalue weighted by Gasteiger charge is -2.23. The Bertz CT molecular complexity index is 658. The van der Waals surface area contributed by atoms with Crippen LogP contribution in [0.4, 0.5) is 0 Å². The Hall–Kier alpha value is -2.14. The second kappa shape index (κ2) is 6.10. The van der Waals surface area contributed by atoms with E-state index in [1.807, 2.05) is 0 Å². The van der Waals surface area contributed by atoms with Gasteiger partial charge in [-0.2, -0.15) is 0 Å². The Kier molecular flexibility index (Phi) is 4.01. The molecule has 1 aliphatic heterocycles. The zero-order valence-corrected chi connectivity index (χ0v) is 11.7. The number of phenols is 1. The summed E-state index contributed by atoms with van der Waals surface area (Å²) in [5.41, 5.74) is 1.51. The van der Waals surface area contributed by atoms with E-state index >= 15 is 0 Å². The molecular weight excluding hydrogens is 268 g/mol. The predicted molar refractivity (Wildman–Crippen MR) is 79.2 cm³/mol. The van der Waals surface area contributed by atoms with Crippen molar-refractivity contribution in [1.29, 1.82) is 0 Å². The second-order valence-electron chi connectivity index (χ2n) is 5.31. The highest BCUT2D eigenvalue weighted by molar-refractivity contribution is 5.62. The molecule has 1 fully saturated rings. The Balaban J connectivity index is 1.85. The lowest BCUT2D eigenvalue weighted by atomic mass is 10.1. The van der Waals surface area contributed by atoms with Crippen molar-refractivity contribution < 1.29 is 9.84 Å². The first-order chi connectivity index (χ1) is 10.2. The fourth-order valence-electron chi connectivity index (χ4n) is 2.56. The van der Waals surface area contributed by atoms with Crippen LogP contribution in [0.5, 0.6) is 5.75 Å². The van der Waals surface area contributed by atoms with Crippen molar-refractivity contribution in [3.05, 3.63) is 47.1 Å². The SMILES string of the molecule is O=c1ncc(-c2ccc(O)cc2)cn1CC1CCCCO1. The van der Waals surface area contributed by atoms with Crippen LogP contribution < -0.4 is 5.69 Å². The van der Waals surface area contributed by atoms with Crippen LogP contribution in [0, 0.1) is 0 Å². The minimum atomic E-state index is -0.258. The van der Waals surface area contributed by atoms with E-state index in [1.165, 1.54) is 0 Å². The summed E-state index contributed by atoms with van der Waals surface area (Å²) in [6.45, 7) is 1.31. The van der Waals surface area contributed by atoms with Crippen LogP contribution in [-0.4, -0.2) is 27.4 Å². The summed E-state index contributed by atoms with van der Waals surface area (Å²) in [7, 11) is 0. The van der Waals surface area contributed by atoms with Gasteiger partial charge in [0.1, 0.15) is 5.75 Å². The van der Waals surface area contributed by atoms with Crippen molar-refractivity contribution in [2.24, 2.45) is 0 Å². The highest BCUT2D eigenvalue weighted by atomic mass is 16.5. The number of hydrogen-bond donors (Lipinski definition) is 1. The topological polar surface area (TPSA) is 64.3 Å². The molecule has 21 heavy (non-hydrogen) atoms. The molecule has 1 aromatic carbocycles. The summed E-state index contributed by atoms with van der Waals surface area (Å²) in [6, 6.07) is 6.85. The Morgan fingerprint density at radius 3 is 2.76 bits per heavy atom. The second-order valence-corrected chi connectivity index (χ2v) is 5.31. The highest BCUT2D eigenvalue weighted by Gasteiger charge is 2.15. The van der Waals surface area contributed by atoms with Crippen molar-refractivity contribution in [3.63, 3.8) is 0 Å². The molecule has 0 amide bonds. The van der Waals surface area contributed by atoms with Crippen LogP contribution in [0.15, 0.2) is 41.5 Å². The maximum absolute atomic E-state index is 11.9. The minimum Gasteiger partial charge on any atom is -0.508 e. The van der Waals surface area contributed by atoms with Gasteiger partial charge in [0.25, 0.3) is 0 Å². The molecular formula is C16H18N2O3. The van der Waals surface area contributed by atoms with Gasteiger partial charge in [-0.3, -0.25) is 4.57 Å². The van der Waals surface area contributed by atoms with Crippen LogP contribution in [0.2, 0.25) is 0 Å². The number of nitrogens with zero attached hydrogens (tertiary/aromatic N) is 2. The van der Waals surface area contributed by atoms with Gasteiger partial charge >= 0.3 is 5.69 Å². The summed E-state index contributed by atoms with van der Waals surface area (Å²) < 4.78 is 7.29. The molecule has 1 atom stereocenters. The largest absolute Gasteiger partial charge is 0.508 e. The zero-order chi connectivity index (χ0) is 14.7. The molecule has 3 rings (SSSR count). The van der Waals surface area contributed by atoms with Crippen molar-refractivity contribution in [3.8, 4) is 16.9 Å². The molecule has 1 saturated heterocycles. The number of rotatable bonds is 3. The first-order valence-corrected chi connectivity index (χ1v) is 7.20. The van der Waals surface area contributed by atoms with E-state index in [9.17, 15) is 9.90 Å². The number of phenolic OH excluding ortho intramolecular Hbond substituents is 1. The van der Waals surface area contributed by atoms with Gasteiger partial charge in [0.15, 0.2) is 0 Å². The standard InChI is InChI=1S/C16H18N2O3/c19-14-6-4-12(5-7-14)13-9-17-16(20)18(10-13)11-15-3-1-2-8-21-15/h4-7,9-10,15,19H,1-3,8,11H2. The smallest absolute Gasteiger partial charge is 0.347 e. The summed E-state index contributed by atoms with van der Waals surface area (Å²) >= 11 is 0. The van der Waals surface area contributed by atoms with Gasteiger partial charge in [-0.1, -0.05) is 12.1 Å². The fraction of sp³-hybridized carbons (Fsp3) is 0.375. The Morgan fingerprint density at radius 2 is 2.05 bits per heavy atom. The maximum Gasteiger partial charge on any atom is 0.347 e. The van der Waals surface area contributed by atoms with Crippen LogP contribution in [0.3, 0.4) is 0 Å². The van der Waals surface area contributed by atoms with Gasteiger partial charge in [0.2, 0.25) is 0 Å². The molecule has 1 unspecified atom stereocenters. The normalized spacial score (nSPS) is 18.6. The number of ether oxygens (including phenoxy) is 1. The summed E-state index contributed by atoms with van der Waals surface area (Å²) in [5.74, 6) is 0.218. The van der Waals surface area contributed by atoms with Crippen LogP contribution in [-0.2, 0) is 11.3 Å². The zero-order valence-electron chi connectivity index (χ0n) is 11.7. The van der Waals surface area contributed by atoms with E-state index in [0.29, 0.717) is 6.54 Å². The van der Waals surface area contributed by atoms with Gasteiger partial charge in [-0.05, 0) is 37.0 Å². The Morgan fingerprint density at radius 1 is 1.24 bits per heavy atom. The third kappa shape index (κ3) is 3.31. The molecule has 0 bridgehead atoms. The van der Waals surface area contributed by atoms with E-state index in [1.54, 1.807) is 41.2 Å². The molecule has 2 aromatic rings. The number of hydrogen-bond acceptors (Lipinski definition) is 4. The molecule has 2 heterocycles. The van der Waals surface area contributed by atoms with Crippen molar-refractivity contribution in [2.45, 2.75) is 31.9 Å². The summed E-state index contributed by atoms with van der Waals surface area (Å²) in [6.07, 6.45) is 6.68. The number of aromatic hydroxyl groups is 1. The molecule has 0 radical (unpaired) electrons. The Labute approximate surface area is 122 Å². The third-order valence-corrected chi connectivity index (χ3v) is 3.73. The lowest BCUT2D eigenvalue weighted by Crippen LogP contribution is -2.31. The molecule has 110 valence electrons. The molecule has 0 spiro atoms. The van der Waals surface area contributed by atoms with E-state index in [0.717, 1.165) is 37.0 Å². The van der Waals surface area contributed by atoms with Gasteiger partial charge in [0.05, 0.1) is 12.6 Å². The van der Waals surface area contributed by atoms with Crippen molar-refractivity contribution in [1.82, 2.24) is 9.55 Å². The summed E-state index contributed by atoms with van der Waals surface area (Å²) in [5, 5.41) is 9.33. The van der Waals surface area contributed by atoms with Crippen LogP contribution >= 0.6 is 0 Å². The lowest BCUT2D eigenvalue weighted by molar-refractivity contribution is 0.00524. The summed E-state index contributed by atoms with van der Waals surface area (Å²) in [4.78, 5) is 15.8. The average Bonchev–Trinajstić information content (AvgIpc) is 2.51. The maximum atomic E-state index is 11.9. The number of benzene rings is 1. The van der Waals surface area contributed by atoms with Gasteiger partial charge in [0, 0.05) is 24.6 Å². The minimum absolute atomic E-state index is 0.0910. The number of aromatic nitrogens is 2. The third-order valence-electron chi connectivity index (χ3n) is 3.73. The quantitative estimate of drug-likeness (QED) is 0.939. The molecule has 1 aliphatic rings. The van der Waals surface area contributed by atoms with Gasteiger partial charge in [-0.25, -0.2) is 9.78 Å². The average molecular weight is 286 g/mol.